The van der Waals surface area contributed by atoms with Crippen LogP contribution in [-0.2, 0) is 10.5 Å². The fourth-order valence-electron chi connectivity index (χ4n) is 1.95. The number of hydrogen-bond donors (Lipinski definition) is 2. The highest BCUT2D eigenvalue weighted by atomic mass is 79.9. The fourth-order valence-corrected chi connectivity index (χ4v) is 3.97. The second-order valence-corrected chi connectivity index (χ2v) is 7.69. The molecule has 0 spiro atoms. The summed E-state index contributed by atoms with van der Waals surface area (Å²) in [5.74, 6) is 0.793. The number of phenols is 1. The molecule has 2 aromatic carbocycles. The van der Waals surface area contributed by atoms with Gasteiger partial charge in [-0.15, -0.1) is 11.8 Å². The summed E-state index contributed by atoms with van der Waals surface area (Å²) in [4.78, 5) is 11.9. The third-order valence-electron chi connectivity index (χ3n) is 3.21. The number of carbonyl (C=O) groups is 1. The zero-order valence-electron chi connectivity index (χ0n) is 13.6. The summed E-state index contributed by atoms with van der Waals surface area (Å²) in [5, 5.41) is 14.8. The second-order valence-electron chi connectivity index (χ2n) is 5.04. The Kier molecular flexibility index (Phi) is 8.09. The Balaban J connectivity index is 1.85. The average molecular weight is 478 g/mol. The molecule has 0 unspecified atom stereocenters. The molecule has 0 bridgehead atoms. The number of carbonyl (C=O) groups excluding carboxylic acids is 1. The van der Waals surface area contributed by atoms with E-state index in [1.165, 1.54) is 25.1 Å². The van der Waals surface area contributed by atoms with Crippen molar-refractivity contribution in [2.45, 2.75) is 5.75 Å². The number of nitrogens with one attached hydrogen (secondary N) is 1. The van der Waals surface area contributed by atoms with Crippen LogP contribution in [0.3, 0.4) is 0 Å². The second kappa shape index (κ2) is 10.1. The van der Waals surface area contributed by atoms with Crippen LogP contribution >= 0.6 is 50.9 Å². The smallest absolute Gasteiger partial charge is 0.250 e. The molecule has 0 heterocycles. The molecule has 0 saturated carbocycles. The standard InChI is InChI=1S/C17H15BrCl2N2O3S/c1-25-15-6-10(5-12(18)17(15)24)7-21-22-16(23)9-26-8-11-13(19)3-2-4-14(11)20/h2-7,24H,8-9H2,1H3,(H,22,23)/b21-7-. The number of phenolic OH excluding ortho intramolecular Hbond substituents is 1. The zero-order valence-corrected chi connectivity index (χ0v) is 17.5. The van der Waals surface area contributed by atoms with E-state index < -0.39 is 0 Å². The minimum atomic E-state index is -0.251. The lowest BCUT2D eigenvalue weighted by molar-refractivity contribution is -0.118. The topological polar surface area (TPSA) is 70.9 Å². The van der Waals surface area contributed by atoms with Crippen molar-refractivity contribution in [1.82, 2.24) is 5.43 Å². The first-order valence-corrected chi connectivity index (χ1v) is 10.0. The van der Waals surface area contributed by atoms with Gasteiger partial charge in [0, 0.05) is 15.8 Å². The van der Waals surface area contributed by atoms with Crippen molar-refractivity contribution in [2.24, 2.45) is 5.10 Å². The predicted octanol–water partition coefficient (Wildman–Crippen LogP) is 4.85. The van der Waals surface area contributed by atoms with Crippen molar-refractivity contribution < 1.29 is 14.6 Å². The Bertz CT molecular complexity index is 814. The number of hydrazone groups is 1. The van der Waals surface area contributed by atoms with E-state index in [9.17, 15) is 9.90 Å². The molecule has 0 radical (unpaired) electrons. The molecule has 0 saturated heterocycles. The summed E-state index contributed by atoms with van der Waals surface area (Å²) in [6.45, 7) is 0. The van der Waals surface area contributed by atoms with Gasteiger partial charge in [0.05, 0.1) is 23.5 Å². The summed E-state index contributed by atoms with van der Waals surface area (Å²) >= 11 is 16.8. The number of nitrogens with zero attached hydrogens (tertiary/aromatic N) is 1. The lowest BCUT2D eigenvalue weighted by atomic mass is 10.2. The summed E-state index contributed by atoms with van der Waals surface area (Å²) in [5.41, 5.74) is 3.90. The highest BCUT2D eigenvalue weighted by Gasteiger charge is 2.09. The molecule has 0 fully saturated rings. The van der Waals surface area contributed by atoms with Crippen molar-refractivity contribution in [2.75, 3.05) is 12.9 Å². The van der Waals surface area contributed by atoms with Crippen LogP contribution in [-0.4, -0.2) is 30.1 Å². The summed E-state index contributed by atoms with van der Waals surface area (Å²) < 4.78 is 5.52. The average Bonchev–Trinajstić information content (AvgIpc) is 2.60. The van der Waals surface area contributed by atoms with Gasteiger partial charge in [0.1, 0.15) is 0 Å². The third-order valence-corrected chi connectivity index (χ3v) is 5.49. The molecule has 0 aromatic heterocycles. The Morgan fingerprint density at radius 2 is 2.08 bits per heavy atom. The van der Waals surface area contributed by atoms with Gasteiger partial charge in [-0.1, -0.05) is 29.3 Å². The van der Waals surface area contributed by atoms with Crippen LogP contribution < -0.4 is 10.2 Å². The fraction of sp³-hybridized carbons (Fsp3) is 0.176. The molecule has 2 rings (SSSR count). The lowest BCUT2D eigenvalue weighted by Gasteiger charge is -2.07. The van der Waals surface area contributed by atoms with Crippen LogP contribution in [0.4, 0.5) is 0 Å². The number of rotatable bonds is 7. The summed E-state index contributed by atoms with van der Waals surface area (Å²) in [7, 11) is 1.45. The van der Waals surface area contributed by atoms with Gasteiger partial charge in [0.25, 0.3) is 0 Å². The quantitative estimate of drug-likeness (QED) is 0.441. The predicted molar refractivity (Wildman–Crippen MR) is 111 cm³/mol. The van der Waals surface area contributed by atoms with Crippen molar-refractivity contribution in [3.63, 3.8) is 0 Å². The Morgan fingerprint density at radius 1 is 1.38 bits per heavy atom. The van der Waals surface area contributed by atoms with Gasteiger partial charge in [-0.2, -0.15) is 5.10 Å². The number of ether oxygens (including phenoxy) is 1. The van der Waals surface area contributed by atoms with Gasteiger partial charge < -0.3 is 9.84 Å². The van der Waals surface area contributed by atoms with Crippen molar-refractivity contribution in [1.29, 1.82) is 0 Å². The van der Waals surface area contributed by atoms with Crippen LogP contribution in [0.2, 0.25) is 10.0 Å². The van der Waals surface area contributed by atoms with Crippen LogP contribution in [0, 0.1) is 0 Å². The Hall–Kier alpha value is -1.41. The minimum absolute atomic E-state index is 0.00307. The Labute approximate surface area is 173 Å². The monoisotopic (exact) mass is 476 g/mol. The molecule has 2 aromatic rings. The van der Waals surface area contributed by atoms with Crippen molar-refractivity contribution in [3.05, 3.63) is 56.0 Å². The number of thioether (sulfide) groups is 1. The largest absolute Gasteiger partial charge is 0.503 e. The maximum atomic E-state index is 11.9. The number of aromatic hydroxyl groups is 1. The van der Waals surface area contributed by atoms with E-state index in [2.05, 4.69) is 26.5 Å². The maximum absolute atomic E-state index is 11.9. The maximum Gasteiger partial charge on any atom is 0.250 e. The van der Waals surface area contributed by atoms with Crippen LogP contribution in [0.15, 0.2) is 39.9 Å². The molecule has 26 heavy (non-hydrogen) atoms. The van der Waals surface area contributed by atoms with Gasteiger partial charge in [-0.05, 0) is 51.3 Å². The van der Waals surface area contributed by atoms with E-state index in [4.69, 9.17) is 27.9 Å². The van der Waals surface area contributed by atoms with E-state index in [1.807, 2.05) is 0 Å². The number of benzene rings is 2. The third kappa shape index (κ3) is 5.81. The molecule has 138 valence electrons. The number of halogens is 3. The lowest BCUT2D eigenvalue weighted by Crippen LogP contribution is -2.19. The van der Waals surface area contributed by atoms with E-state index in [1.54, 1.807) is 30.3 Å². The van der Waals surface area contributed by atoms with Crippen LogP contribution in [0.1, 0.15) is 11.1 Å². The minimum Gasteiger partial charge on any atom is -0.503 e. The first kappa shape index (κ1) is 20.9. The molecule has 9 heteroatoms. The summed E-state index contributed by atoms with van der Waals surface area (Å²) in [6.07, 6.45) is 1.46. The first-order chi connectivity index (χ1) is 12.4. The van der Waals surface area contributed by atoms with Crippen molar-refractivity contribution in [3.8, 4) is 11.5 Å². The highest BCUT2D eigenvalue weighted by Crippen LogP contribution is 2.34. The molecule has 0 aliphatic heterocycles. The summed E-state index contributed by atoms with van der Waals surface area (Å²) in [6, 6.07) is 8.55. The molecule has 0 aliphatic carbocycles. The van der Waals surface area contributed by atoms with Gasteiger partial charge in [-0.3, -0.25) is 4.79 Å². The molecule has 0 aliphatic rings. The molecule has 2 N–H and O–H groups in total. The SMILES string of the molecule is COc1cc(/C=N\NC(=O)CSCc2c(Cl)cccc2Cl)cc(Br)c1O. The highest BCUT2D eigenvalue weighted by molar-refractivity contribution is 9.10. The van der Waals surface area contributed by atoms with E-state index in [0.29, 0.717) is 31.6 Å². The van der Waals surface area contributed by atoms with E-state index >= 15 is 0 Å². The normalized spacial score (nSPS) is 10.9. The molecular weight excluding hydrogens is 463 g/mol. The van der Waals surface area contributed by atoms with Gasteiger partial charge in [-0.25, -0.2) is 5.43 Å². The van der Waals surface area contributed by atoms with E-state index in [-0.39, 0.29) is 17.4 Å². The Morgan fingerprint density at radius 3 is 2.73 bits per heavy atom. The molecule has 1 amide bonds. The number of hydrogen-bond acceptors (Lipinski definition) is 5. The molecular formula is C17H15BrCl2N2O3S. The number of methoxy groups -OCH3 is 1. The van der Waals surface area contributed by atoms with Crippen molar-refractivity contribution >= 4 is 63.0 Å². The van der Waals surface area contributed by atoms with Gasteiger partial charge >= 0.3 is 0 Å². The van der Waals surface area contributed by atoms with Gasteiger partial charge in [0.15, 0.2) is 11.5 Å². The van der Waals surface area contributed by atoms with Crippen LogP contribution in [0.25, 0.3) is 0 Å². The molecule has 5 nitrogen and oxygen atoms in total. The molecule has 0 atom stereocenters. The zero-order chi connectivity index (χ0) is 19.1. The van der Waals surface area contributed by atoms with E-state index in [0.717, 1.165) is 5.56 Å². The van der Waals surface area contributed by atoms with Crippen LogP contribution in [0.5, 0.6) is 11.5 Å². The number of amides is 1. The first-order valence-electron chi connectivity index (χ1n) is 7.31. The van der Waals surface area contributed by atoms with Gasteiger partial charge in [0.2, 0.25) is 5.91 Å².